The Balaban J connectivity index is 1.46. The lowest BCUT2D eigenvalue weighted by Crippen LogP contribution is -2.23. The van der Waals surface area contributed by atoms with E-state index in [2.05, 4.69) is 46.5 Å². The van der Waals surface area contributed by atoms with E-state index in [0.29, 0.717) is 12.2 Å². The van der Waals surface area contributed by atoms with Gasteiger partial charge in [0.25, 0.3) is 0 Å². The van der Waals surface area contributed by atoms with E-state index in [-0.39, 0.29) is 5.91 Å². The van der Waals surface area contributed by atoms with Gasteiger partial charge in [-0.2, -0.15) is 0 Å². The fraction of sp³-hybridized carbons (Fsp3) is 0.150. The number of nitrogens with zero attached hydrogens (tertiary/aromatic N) is 2. The molecule has 5 heteroatoms. The Bertz CT molecular complexity index is 891. The first-order chi connectivity index (χ1) is 12.2. The summed E-state index contributed by atoms with van der Waals surface area (Å²) < 4.78 is 0. The highest BCUT2D eigenvalue weighted by atomic mass is 32.2. The Morgan fingerprint density at radius 3 is 2.68 bits per heavy atom. The summed E-state index contributed by atoms with van der Waals surface area (Å²) in [4.78, 5) is 21.9. The van der Waals surface area contributed by atoms with Gasteiger partial charge in [-0.05, 0) is 37.3 Å². The molecular weight excluding hydrogens is 330 g/mol. The van der Waals surface area contributed by atoms with E-state index in [9.17, 15) is 4.79 Å². The Morgan fingerprint density at radius 1 is 1.12 bits per heavy atom. The third-order valence-corrected chi connectivity index (χ3v) is 4.58. The number of hydrogen-bond acceptors (Lipinski definition) is 4. The Hall–Kier alpha value is -2.66. The molecule has 25 heavy (non-hydrogen) atoms. The number of fused-ring (bicyclic) bond motifs is 1. The van der Waals surface area contributed by atoms with Gasteiger partial charge >= 0.3 is 0 Å². The molecule has 0 aliphatic rings. The summed E-state index contributed by atoms with van der Waals surface area (Å²) in [6.07, 6.45) is 4.84. The van der Waals surface area contributed by atoms with Crippen molar-refractivity contribution in [2.75, 3.05) is 12.3 Å². The number of aryl methyl sites for hydroxylation is 1. The van der Waals surface area contributed by atoms with Crippen molar-refractivity contribution in [2.45, 2.75) is 11.8 Å². The molecular formula is C20H19N3OS. The van der Waals surface area contributed by atoms with Gasteiger partial charge in [-0.1, -0.05) is 29.8 Å². The zero-order valence-electron chi connectivity index (χ0n) is 14.0. The van der Waals surface area contributed by atoms with Crippen LogP contribution >= 0.6 is 11.8 Å². The van der Waals surface area contributed by atoms with Crippen molar-refractivity contribution >= 4 is 34.8 Å². The molecule has 0 radical (unpaired) electrons. The number of nitrogens with one attached hydrogen (secondary N) is 1. The molecule has 1 N–H and O–H groups in total. The summed E-state index contributed by atoms with van der Waals surface area (Å²) in [6.45, 7) is 2.69. The highest BCUT2D eigenvalue weighted by molar-refractivity contribution is 7.99. The lowest BCUT2D eigenvalue weighted by molar-refractivity contribution is -0.116. The molecule has 0 spiro atoms. The summed E-state index contributed by atoms with van der Waals surface area (Å²) in [7, 11) is 0. The van der Waals surface area contributed by atoms with Crippen molar-refractivity contribution in [1.29, 1.82) is 0 Å². The van der Waals surface area contributed by atoms with Crippen molar-refractivity contribution in [3.8, 4) is 0 Å². The fourth-order valence-corrected chi connectivity index (χ4v) is 3.02. The molecule has 1 amide bonds. The molecule has 1 heterocycles. The van der Waals surface area contributed by atoms with Crippen molar-refractivity contribution in [1.82, 2.24) is 15.3 Å². The van der Waals surface area contributed by atoms with Crippen LogP contribution in [-0.2, 0) is 4.79 Å². The van der Waals surface area contributed by atoms with Gasteiger partial charge in [0.1, 0.15) is 0 Å². The first-order valence-electron chi connectivity index (χ1n) is 8.08. The molecule has 2 aromatic carbocycles. The Morgan fingerprint density at radius 2 is 1.88 bits per heavy atom. The van der Waals surface area contributed by atoms with Crippen LogP contribution in [0.2, 0.25) is 0 Å². The maximum absolute atomic E-state index is 11.9. The minimum atomic E-state index is -0.125. The Kier molecular flexibility index (Phi) is 5.80. The van der Waals surface area contributed by atoms with Gasteiger partial charge in [-0.25, -0.2) is 4.98 Å². The quantitative estimate of drug-likeness (QED) is 0.417. The van der Waals surface area contributed by atoms with E-state index >= 15 is 0 Å². The third-order valence-electron chi connectivity index (χ3n) is 3.56. The second-order valence-corrected chi connectivity index (χ2v) is 6.74. The van der Waals surface area contributed by atoms with Gasteiger partial charge in [-0.3, -0.25) is 9.78 Å². The summed E-state index contributed by atoms with van der Waals surface area (Å²) in [6, 6.07) is 16.0. The van der Waals surface area contributed by atoms with Gasteiger partial charge in [0.15, 0.2) is 0 Å². The smallest absolute Gasteiger partial charge is 0.244 e. The number of carbonyl (C=O) groups is 1. The maximum atomic E-state index is 11.9. The molecule has 3 aromatic rings. The van der Waals surface area contributed by atoms with Crippen molar-refractivity contribution in [2.24, 2.45) is 0 Å². The van der Waals surface area contributed by atoms with E-state index in [1.165, 1.54) is 16.5 Å². The second kappa shape index (κ2) is 8.44. The predicted octanol–water partition coefficient (Wildman–Crippen LogP) is 3.86. The lowest BCUT2D eigenvalue weighted by Gasteiger charge is -2.03. The molecule has 0 unspecified atom stereocenters. The van der Waals surface area contributed by atoms with E-state index in [4.69, 9.17) is 0 Å². The molecule has 4 nitrogen and oxygen atoms in total. The van der Waals surface area contributed by atoms with Crippen molar-refractivity contribution < 1.29 is 4.79 Å². The zero-order valence-corrected chi connectivity index (χ0v) is 14.8. The first-order valence-corrected chi connectivity index (χ1v) is 9.06. The largest absolute Gasteiger partial charge is 0.352 e. The van der Waals surface area contributed by atoms with Crippen LogP contribution in [-0.4, -0.2) is 28.2 Å². The summed E-state index contributed by atoms with van der Waals surface area (Å²) >= 11 is 1.73. The van der Waals surface area contributed by atoms with Gasteiger partial charge in [0, 0.05) is 23.3 Å². The molecule has 0 aliphatic heterocycles. The number of aromatic nitrogens is 2. The third kappa shape index (κ3) is 5.16. The van der Waals surface area contributed by atoms with Crippen molar-refractivity contribution in [3.05, 3.63) is 72.1 Å². The van der Waals surface area contributed by atoms with E-state index in [0.717, 1.165) is 16.8 Å². The number of para-hydroxylation sites is 2. The maximum Gasteiger partial charge on any atom is 0.244 e. The van der Waals surface area contributed by atoms with E-state index < -0.39 is 0 Å². The highest BCUT2D eigenvalue weighted by Gasteiger charge is 1.99. The number of benzene rings is 2. The average Bonchev–Trinajstić information content (AvgIpc) is 2.65. The molecule has 0 fully saturated rings. The first kappa shape index (κ1) is 17.2. The molecule has 0 saturated heterocycles. The monoisotopic (exact) mass is 349 g/mol. The molecule has 0 aliphatic carbocycles. The average molecular weight is 349 g/mol. The van der Waals surface area contributed by atoms with E-state index in [1.807, 2.05) is 24.3 Å². The van der Waals surface area contributed by atoms with Gasteiger partial charge in [0.2, 0.25) is 5.91 Å². The van der Waals surface area contributed by atoms with Crippen LogP contribution in [0.15, 0.2) is 65.7 Å². The second-order valence-electron chi connectivity index (χ2n) is 5.57. The molecule has 0 atom stereocenters. The minimum Gasteiger partial charge on any atom is -0.352 e. The number of carbonyl (C=O) groups excluding carboxylic acids is 1. The van der Waals surface area contributed by atoms with Gasteiger partial charge < -0.3 is 5.32 Å². The fourth-order valence-electron chi connectivity index (χ4n) is 2.25. The number of rotatable bonds is 6. The standard InChI is InChI=1S/C20H19N3OS/c1-15-6-9-17(10-7-15)25-13-12-21-20(24)11-8-16-14-22-18-4-2-3-5-19(18)23-16/h2-11,14H,12-13H2,1H3,(H,21,24). The number of hydrogen-bond donors (Lipinski definition) is 1. The van der Waals surface area contributed by atoms with Gasteiger partial charge in [-0.15, -0.1) is 11.8 Å². The van der Waals surface area contributed by atoms with Crippen LogP contribution in [0.3, 0.4) is 0 Å². The summed E-state index contributed by atoms with van der Waals surface area (Å²) in [5.74, 6) is 0.706. The molecule has 3 rings (SSSR count). The van der Waals surface area contributed by atoms with Crippen LogP contribution in [0.5, 0.6) is 0 Å². The van der Waals surface area contributed by atoms with Crippen LogP contribution in [0.4, 0.5) is 0 Å². The highest BCUT2D eigenvalue weighted by Crippen LogP contribution is 2.17. The number of thioether (sulfide) groups is 1. The predicted molar refractivity (Wildman–Crippen MR) is 103 cm³/mol. The lowest BCUT2D eigenvalue weighted by atomic mass is 10.2. The molecule has 0 saturated carbocycles. The zero-order chi connectivity index (χ0) is 17.5. The number of amides is 1. The minimum absolute atomic E-state index is 0.125. The Labute approximate surface area is 151 Å². The summed E-state index contributed by atoms with van der Waals surface area (Å²) in [5.41, 5.74) is 3.58. The van der Waals surface area contributed by atoms with E-state index in [1.54, 1.807) is 24.0 Å². The van der Waals surface area contributed by atoms with Crippen LogP contribution in [0.1, 0.15) is 11.3 Å². The topological polar surface area (TPSA) is 54.9 Å². The molecule has 126 valence electrons. The molecule has 1 aromatic heterocycles. The van der Waals surface area contributed by atoms with Crippen LogP contribution in [0.25, 0.3) is 17.1 Å². The van der Waals surface area contributed by atoms with Crippen LogP contribution in [0, 0.1) is 6.92 Å². The molecule has 0 bridgehead atoms. The van der Waals surface area contributed by atoms with Crippen LogP contribution < -0.4 is 5.32 Å². The van der Waals surface area contributed by atoms with Crippen molar-refractivity contribution in [3.63, 3.8) is 0 Å². The SMILES string of the molecule is Cc1ccc(SCCNC(=O)C=Cc2cnc3ccccc3n2)cc1. The van der Waals surface area contributed by atoms with Gasteiger partial charge in [0.05, 0.1) is 22.9 Å². The normalized spacial score (nSPS) is 11.1. The summed E-state index contributed by atoms with van der Waals surface area (Å²) in [5, 5.41) is 2.88.